The number of benzene rings is 1. The molecule has 2 rings (SSSR count). The smallest absolute Gasteiger partial charge is 0.410 e. The number of ether oxygens (including phenoxy) is 2. The molecule has 0 aliphatic carbocycles. The van der Waals surface area contributed by atoms with Gasteiger partial charge in [-0.1, -0.05) is 24.3 Å². The molecule has 0 aromatic heterocycles. The van der Waals surface area contributed by atoms with Crippen LogP contribution in [0.3, 0.4) is 0 Å². The molecule has 1 saturated heterocycles. The van der Waals surface area contributed by atoms with E-state index in [4.69, 9.17) is 19.4 Å². The fourth-order valence-corrected chi connectivity index (χ4v) is 3.21. The van der Waals surface area contributed by atoms with Crippen LogP contribution in [0.15, 0.2) is 24.3 Å². The van der Waals surface area contributed by atoms with Crippen LogP contribution in [0.2, 0.25) is 0 Å². The van der Waals surface area contributed by atoms with Gasteiger partial charge in [0.05, 0.1) is 32.1 Å². The van der Waals surface area contributed by atoms with Gasteiger partial charge in [-0.25, -0.2) is 4.79 Å². The van der Waals surface area contributed by atoms with Crippen molar-refractivity contribution < 1.29 is 26.9 Å². The third kappa shape index (κ3) is 6.62. The van der Waals surface area contributed by atoms with E-state index in [1.807, 2.05) is 24.3 Å². The normalized spacial score (nSPS) is 17.7. The summed E-state index contributed by atoms with van der Waals surface area (Å²) in [6.45, 7) is 2.04. The standard InChI is InChI=1S/C16H24N2O6S/c1-25(20,21)24-15-6-8-18(10-15)16(19)23-12-14-5-3-2-4-13(14)11-22-9-7-17/h2-5,15H,6-12,17H2,1H3. The van der Waals surface area contributed by atoms with Crippen molar-refractivity contribution in [1.82, 2.24) is 4.90 Å². The van der Waals surface area contributed by atoms with Gasteiger partial charge >= 0.3 is 6.09 Å². The van der Waals surface area contributed by atoms with E-state index in [0.717, 1.165) is 17.4 Å². The van der Waals surface area contributed by atoms with E-state index in [1.165, 1.54) is 4.90 Å². The minimum Gasteiger partial charge on any atom is -0.445 e. The van der Waals surface area contributed by atoms with Crippen molar-refractivity contribution in [2.75, 3.05) is 32.5 Å². The fraction of sp³-hybridized carbons (Fsp3) is 0.562. The van der Waals surface area contributed by atoms with Crippen molar-refractivity contribution in [2.24, 2.45) is 5.73 Å². The van der Waals surface area contributed by atoms with Crippen LogP contribution in [-0.4, -0.2) is 58.0 Å². The van der Waals surface area contributed by atoms with E-state index in [9.17, 15) is 13.2 Å². The van der Waals surface area contributed by atoms with Crippen LogP contribution < -0.4 is 5.73 Å². The first-order valence-electron chi connectivity index (χ1n) is 8.03. The van der Waals surface area contributed by atoms with Gasteiger partial charge in [0, 0.05) is 13.1 Å². The van der Waals surface area contributed by atoms with Gasteiger partial charge in [-0.15, -0.1) is 0 Å². The maximum absolute atomic E-state index is 12.2. The van der Waals surface area contributed by atoms with Crippen molar-refractivity contribution >= 4 is 16.2 Å². The zero-order valence-electron chi connectivity index (χ0n) is 14.2. The Balaban J connectivity index is 1.84. The molecule has 0 spiro atoms. The molecular formula is C16H24N2O6S. The minimum atomic E-state index is -3.53. The molecule has 0 bridgehead atoms. The quantitative estimate of drug-likeness (QED) is 0.532. The zero-order valence-corrected chi connectivity index (χ0v) is 15.0. The molecule has 1 aromatic carbocycles. The Kier molecular flexibility index (Phi) is 7.18. The molecule has 1 atom stereocenters. The lowest BCUT2D eigenvalue weighted by atomic mass is 10.1. The lowest BCUT2D eigenvalue weighted by Gasteiger charge is -2.17. The van der Waals surface area contributed by atoms with E-state index in [-0.39, 0.29) is 13.2 Å². The Labute approximate surface area is 148 Å². The highest BCUT2D eigenvalue weighted by Crippen LogP contribution is 2.17. The highest BCUT2D eigenvalue weighted by Gasteiger charge is 2.30. The Bertz CT molecular complexity index is 679. The van der Waals surface area contributed by atoms with E-state index in [2.05, 4.69) is 0 Å². The summed E-state index contributed by atoms with van der Waals surface area (Å²) in [5, 5.41) is 0. The largest absolute Gasteiger partial charge is 0.445 e. The van der Waals surface area contributed by atoms with Crippen LogP contribution >= 0.6 is 0 Å². The van der Waals surface area contributed by atoms with Gasteiger partial charge in [-0.05, 0) is 17.5 Å². The molecule has 1 amide bonds. The number of likely N-dealkylation sites (tertiary alicyclic amines) is 1. The van der Waals surface area contributed by atoms with Gasteiger partial charge in [0.25, 0.3) is 10.1 Å². The molecule has 140 valence electrons. The maximum Gasteiger partial charge on any atom is 0.410 e. The van der Waals surface area contributed by atoms with Crippen LogP contribution in [0, 0.1) is 0 Å². The van der Waals surface area contributed by atoms with Gasteiger partial charge in [0.1, 0.15) is 6.61 Å². The summed E-state index contributed by atoms with van der Waals surface area (Å²) < 4.78 is 38.0. The summed E-state index contributed by atoms with van der Waals surface area (Å²) in [5.74, 6) is 0. The molecule has 25 heavy (non-hydrogen) atoms. The zero-order chi connectivity index (χ0) is 18.3. The number of rotatable bonds is 8. The minimum absolute atomic E-state index is 0.120. The molecule has 0 radical (unpaired) electrons. The van der Waals surface area contributed by atoms with Crippen molar-refractivity contribution in [3.05, 3.63) is 35.4 Å². The van der Waals surface area contributed by atoms with Crippen LogP contribution in [0.4, 0.5) is 4.79 Å². The van der Waals surface area contributed by atoms with E-state index in [0.29, 0.717) is 32.7 Å². The molecule has 1 fully saturated rings. The Morgan fingerprint density at radius 3 is 2.60 bits per heavy atom. The van der Waals surface area contributed by atoms with Crippen LogP contribution in [-0.2, 0) is 37.0 Å². The fourth-order valence-electron chi connectivity index (χ4n) is 2.56. The predicted molar refractivity (Wildman–Crippen MR) is 91.2 cm³/mol. The third-order valence-corrected chi connectivity index (χ3v) is 4.33. The second-order valence-electron chi connectivity index (χ2n) is 5.82. The van der Waals surface area contributed by atoms with Crippen LogP contribution in [0.5, 0.6) is 0 Å². The highest BCUT2D eigenvalue weighted by atomic mass is 32.2. The summed E-state index contributed by atoms with van der Waals surface area (Å²) in [6, 6.07) is 7.53. The first-order chi connectivity index (χ1) is 11.9. The van der Waals surface area contributed by atoms with Gasteiger partial charge < -0.3 is 20.1 Å². The first-order valence-corrected chi connectivity index (χ1v) is 9.85. The van der Waals surface area contributed by atoms with Gasteiger partial charge in [-0.2, -0.15) is 8.42 Å². The van der Waals surface area contributed by atoms with E-state index in [1.54, 1.807) is 0 Å². The summed E-state index contributed by atoms with van der Waals surface area (Å²) in [7, 11) is -3.53. The second-order valence-corrected chi connectivity index (χ2v) is 7.42. The molecule has 1 aliphatic rings. The Morgan fingerprint density at radius 2 is 1.96 bits per heavy atom. The molecule has 0 saturated carbocycles. The van der Waals surface area contributed by atoms with Crippen molar-refractivity contribution in [2.45, 2.75) is 25.7 Å². The van der Waals surface area contributed by atoms with Crippen molar-refractivity contribution in [3.8, 4) is 0 Å². The number of carbonyl (C=O) groups is 1. The summed E-state index contributed by atoms with van der Waals surface area (Å²) in [6.07, 6.45) is 0.459. The lowest BCUT2D eigenvalue weighted by Crippen LogP contribution is -2.31. The number of nitrogens with zero attached hydrogens (tertiary/aromatic N) is 1. The molecule has 1 heterocycles. The summed E-state index contributed by atoms with van der Waals surface area (Å²) >= 11 is 0. The maximum atomic E-state index is 12.2. The second kappa shape index (κ2) is 9.14. The summed E-state index contributed by atoms with van der Waals surface area (Å²) in [5.41, 5.74) is 7.19. The topological polar surface area (TPSA) is 108 Å². The van der Waals surface area contributed by atoms with Gasteiger partial charge in [-0.3, -0.25) is 4.18 Å². The molecule has 9 heteroatoms. The number of amides is 1. The van der Waals surface area contributed by atoms with Gasteiger partial charge in [0.15, 0.2) is 0 Å². The Hall–Kier alpha value is -1.68. The lowest BCUT2D eigenvalue weighted by molar-refractivity contribution is 0.0968. The first kappa shape index (κ1) is 19.6. The molecule has 8 nitrogen and oxygen atoms in total. The van der Waals surface area contributed by atoms with Crippen LogP contribution in [0.25, 0.3) is 0 Å². The molecule has 1 aromatic rings. The van der Waals surface area contributed by atoms with Gasteiger partial charge in [0.2, 0.25) is 0 Å². The predicted octanol–water partition coefficient (Wildman–Crippen LogP) is 0.849. The van der Waals surface area contributed by atoms with E-state index < -0.39 is 22.3 Å². The molecule has 1 aliphatic heterocycles. The third-order valence-electron chi connectivity index (χ3n) is 3.70. The Morgan fingerprint density at radius 1 is 1.28 bits per heavy atom. The number of hydrogen-bond donors (Lipinski definition) is 1. The molecular weight excluding hydrogens is 348 g/mol. The SMILES string of the molecule is CS(=O)(=O)OC1CCN(C(=O)OCc2ccccc2COCCN)C1. The number of carbonyl (C=O) groups excluding carboxylic acids is 1. The number of hydrogen-bond acceptors (Lipinski definition) is 7. The highest BCUT2D eigenvalue weighted by molar-refractivity contribution is 7.86. The molecule has 2 N–H and O–H groups in total. The number of nitrogens with two attached hydrogens (primary N) is 1. The van der Waals surface area contributed by atoms with Crippen molar-refractivity contribution in [1.29, 1.82) is 0 Å². The average molecular weight is 372 g/mol. The van der Waals surface area contributed by atoms with Crippen molar-refractivity contribution in [3.63, 3.8) is 0 Å². The van der Waals surface area contributed by atoms with E-state index >= 15 is 0 Å². The average Bonchev–Trinajstić information content (AvgIpc) is 3.00. The van der Waals surface area contributed by atoms with Crippen LogP contribution in [0.1, 0.15) is 17.5 Å². The monoisotopic (exact) mass is 372 g/mol. The summed E-state index contributed by atoms with van der Waals surface area (Å²) in [4.78, 5) is 13.6. The molecule has 1 unspecified atom stereocenters.